The first-order chi connectivity index (χ1) is 15.5. The molecule has 0 bridgehead atoms. The van der Waals surface area contributed by atoms with E-state index in [2.05, 4.69) is 52.1 Å². The van der Waals surface area contributed by atoms with Gasteiger partial charge in [0.15, 0.2) is 0 Å². The average molecular weight is 482 g/mol. The maximum atomic E-state index is 12.5. The van der Waals surface area contributed by atoms with Crippen molar-refractivity contribution in [3.05, 3.63) is 28.8 Å². The first kappa shape index (κ1) is 29.6. The van der Waals surface area contributed by atoms with Gasteiger partial charge in [0.25, 0.3) is 0 Å². The summed E-state index contributed by atoms with van der Waals surface area (Å²) in [5.41, 5.74) is 2.85. The lowest BCUT2D eigenvalue weighted by Gasteiger charge is -2.28. The third-order valence-corrected chi connectivity index (χ3v) is 8.55. The number of rotatable bonds is 15. The van der Waals surface area contributed by atoms with Crippen molar-refractivity contribution in [1.82, 2.24) is 5.32 Å². The minimum absolute atomic E-state index is 0.0299. The Bertz CT molecular complexity index is 713. The first-order valence-corrected chi connectivity index (χ1v) is 14.4. The molecule has 1 amide bonds. The molecule has 0 aliphatic carbocycles. The molecule has 1 rings (SSSR count). The fraction of sp³-hybridized carbons (Fsp3) is 0.731. The van der Waals surface area contributed by atoms with Crippen LogP contribution in [-0.2, 0) is 36.3 Å². The number of amides is 1. The fourth-order valence-corrected chi connectivity index (χ4v) is 6.56. The van der Waals surface area contributed by atoms with Crippen molar-refractivity contribution in [2.24, 2.45) is 5.92 Å². The van der Waals surface area contributed by atoms with Gasteiger partial charge in [-0.15, -0.1) is 0 Å². The highest BCUT2D eigenvalue weighted by molar-refractivity contribution is 6.60. The summed E-state index contributed by atoms with van der Waals surface area (Å²) in [6.07, 6.45) is 2.64. The molecule has 0 aromatic heterocycles. The summed E-state index contributed by atoms with van der Waals surface area (Å²) in [6, 6.07) is 4.80. The molecular formula is C26H47NO5Si. The highest BCUT2D eigenvalue weighted by atomic mass is 28.4. The van der Waals surface area contributed by atoms with Gasteiger partial charge in [0.05, 0.1) is 0 Å². The van der Waals surface area contributed by atoms with E-state index in [1.165, 1.54) is 0 Å². The summed E-state index contributed by atoms with van der Waals surface area (Å²) < 4.78 is 17.6. The SMILES string of the molecule is CCO[Si](CCCNC(=O)CCc1cc(CC(C)C)c(O)c(C(C)(C)C)c1)(OCC)OCC. The van der Waals surface area contributed by atoms with Crippen LogP contribution in [0.15, 0.2) is 12.1 Å². The van der Waals surface area contributed by atoms with Crippen molar-refractivity contribution in [3.8, 4) is 5.75 Å². The molecule has 2 N–H and O–H groups in total. The Morgan fingerprint density at radius 2 is 1.64 bits per heavy atom. The van der Waals surface area contributed by atoms with Crippen LogP contribution in [0.2, 0.25) is 6.04 Å². The van der Waals surface area contributed by atoms with E-state index < -0.39 is 8.80 Å². The Kier molecular flexibility index (Phi) is 12.6. The van der Waals surface area contributed by atoms with Crippen LogP contribution in [0.3, 0.4) is 0 Å². The van der Waals surface area contributed by atoms with Crippen molar-refractivity contribution in [1.29, 1.82) is 0 Å². The van der Waals surface area contributed by atoms with Gasteiger partial charge in [0, 0.05) is 38.8 Å². The standard InChI is InChI=1S/C26H47NO5Si/c1-9-30-33(31-10-2,32-11-3)16-12-15-27-24(28)14-13-21-18-22(17-20(4)5)25(29)23(19-21)26(6,7)8/h18-20,29H,9-17H2,1-8H3,(H,27,28). The van der Waals surface area contributed by atoms with E-state index in [4.69, 9.17) is 13.3 Å². The van der Waals surface area contributed by atoms with Crippen molar-refractivity contribution in [2.45, 2.75) is 92.5 Å². The van der Waals surface area contributed by atoms with Gasteiger partial charge in [-0.05, 0) is 68.1 Å². The molecule has 0 aliphatic heterocycles. The molecule has 0 fully saturated rings. The number of aryl methyl sites for hydroxylation is 1. The van der Waals surface area contributed by atoms with Gasteiger partial charge in [-0.25, -0.2) is 0 Å². The Morgan fingerprint density at radius 1 is 1.06 bits per heavy atom. The molecule has 1 aromatic rings. The van der Waals surface area contributed by atoms with E-state index in [-0.39, 0.29) is 11.3 Å². The summed E-state index contributed by atoms with van der Waals surface area (Å²) in [4.78, 5) is 12.5. The van der Waals surface area contributed by atoms with Crippen LogP contribution in [0, 0.1) is 5.92 Å². The van der Waals surface area contributed by atoms with Crippen molar-refractivity contribution in [3.63, 3.8) is 0 Å². The van der Waals surface area contributed by atoms with Crippen molar-refractivity contribution in [2.75, 3.05) is 26.4 Å². The molecule has 0 atom stereocenters. The lowest BCUT2D eigenvalue weighted by Crippen LogP contribution is -2.46. The summed E-state index contributed by atoms with van der Waals surface area (Å²) >= 11 is 0. The van der Waals surface area contributed by atoms with E-state index in [0.29, 0.717) is 56.9 Å². The smallest absolute Gasteiger partial charge is 0.500 e. The zero-order chi connectivity index (χ0) is 25.1. The van der Waals surface area contributed by atoms with Gasteiger partial charge in [0.1, 0.15) is 5.75 Å². The second kappa shape index (κ2) is 14.1. The first-order valence-electron chi connectivity index (χ1n) is 12.5. The van der Waals surface area contributed by atoms with Crippen LogP contribution in [0.1, 0.15) is 84.9 Å². The second-order valence-electron chi connectivity index (χ2n) is 9.93. The number of carbonyl (C=O) groups is 1. The molecule has 190 valence electrons. The van der Waals surface area contributed by atoms with Gasteiger partial charge >= 0.3 is 8.80 Å². The molecule has 0 saturated carbocycles. The molecule has 1 aromatic carbocycles. The van der Waals surface area contributed by atoms with Crippen LogP contribution < -0.4 is 5.32 Å². The Morgan fingerprint density at radius 3 is 2.12 bits per heavy atom. The number of nitrogens with one attached hydrogen (secondary N) is 1. The monoisotopic (exact) mass is 481 g/mol. The molecule has 7 heteroatoms. The summed E-state index contributed by atoms with van der Waals surface area (Å²) in [5.74, 6) is 0.875. The number of hydrogen-bond acceptors (Lipinski definition) is 5. The Balaban J connectivity index is 2.69. The quantitative estimate of drug-likeness (QED) is 0.260. The maximum Gasteiger partial charge on any atom is 0.500 e. The zero-order valence-corrected chi connectivity index (χ0v) is 23.2. The largest absolute Gasteiger partial charge is 0.507 e. The van der Waals surface area contributed by atoms with Gasteiger partial charge < -0.3 is 23.7 Å². The molecule has 0 unspecified atom stereocenters. The highest BCUT2D eigenvalue weighted by Crippen LogP contribution is 2.35. The summed E-state index contributed by atoms with van der Waals surface area (Å²) in [7, 11) is -2.66. The maximum absolute atomic E-state index is 12.5. The lowest BCUT2D eigenvalue weighted by atomic mass is 9.82. The minimum Gasteiger partial charge on any atom is -0.507 e. The molecule has 33 heavy (non-hydrogen) atoms. The van der Waals surface area contributed by atoms with Crippen LogP contribution in [0.4, 0.5) is 0 Å². The average Bonchev–Trinajstić information content (AvgIpc) is 2.71. The van der Waals surface area contributed by atoms with E-state index >= 15 is 0 Å². The minimum atomic E-state index is -2.66. The lowest BCUT2D eigenvalue weighted by molar-refractivity contribution is -0.121. The number of carbonyl (C=O) groups excluding carboxylic acids is 1. The Hall–Kier alpha value is -1.41. The zero-order valence-electron chi connectivity index (χ0n) is 22.2. The number of benzene rings is 1. The fourth-order valence-electron chi connectivity index (χ4n) is 3.95. The normalized spacial score (nSPS) is 12.4. The van der Waals surface area contributed by atoms with E-state index in [0.717, 1.165) is 29.5 Å². The third kappa shape index (κ3) is 10.2. The van der Waals surface area contributed by atoms with Gasteiger partial charge in [0.2, 0.25) is 5.91 Å². The summed E-state index contributed by atoms with van der Waals surface area (Å²) in [5, 5.41) is 13.8. The number of aromatic hydroxyl groups is 1. The number of phenols is 1. The van der Waals surface area contributed by atoms with Crippen LogP contribution in [0.5, 0.6) is 5.75 Å². The predicted octanol–water partition coefficient (Wildman–Crippen LogP) is 5.38. The van der Waals surface area contributed by atoms with Crippen LogP contribution >= 0.6 is 0 Å². The molecule has 0 radical (unpaired) electrons. The van der Waals surface area contributed by atoms with E-state index in [9.17, 15) is 9.90 Å². The van der Waals surface area contributed by atoms with Gasteiger partial charge in [-0.2, -0.15) is 0 Å². The second-order valence-corrected chi connectivity index (χ2v) is 12.7. The molecule has 0 spiro atoms. The summed E-state index contributed by atoms with van der Waals surface area (Å²) in [6.45, 7) is 18.7. The van der Waals surface area contributed by atoms with Crippen LogP contribution in [-0.4, -0.2) is 46.2 Å². The molecule has 6 nitrogen and oxygen atoms in total. The number of hydrogen-bond donors (Lipinski definition) is 2. The van der Waals surface area contributed by atoms with Gasteiger partial charge in [-0.3, -0.25) is 4.79 Å². The predicted molar refractivity (Wildman–Crippen MR) is 137 cm³/mol. The Labute approximate surface area is 202 Å². The molecule has 0 aliphatic rings. The van der Waals surface area contributed by atoms with Crippen molar-refractivity contribution < 1.29 is 23.2 Å². The van der Waals surface area contributed by atoms with Crippen molar-refractivity contribution >= 4 is 14.7 Å². The van der Waals surface area contributed by atoms with Crippen LogP contribution in [0.25, 0.3) is 0 Å². The topological polar surface area (TPSA) is 77.0 Å². The molecule has 0 heterocycles. The van der Waals surface area contributed by atoms with Gasteiger partial charge in [-0.1, -0.05) is 46.8 Å². The van der Waals surface area contributed by atoms with E-state index in [1.807, 2.05) is 20.8 Å². The number of phenolic OH excluding ortho intramolecular Hbond substituents is 1. The molecule has 0 saturated heterocycles. The van der Waals surface area contributed by atoms with E-state index in [1.54, 1.807) is 0 Å². The highest BCUT2D eigenvalue weighted by Gasteiger charge is 2.39. The third-order valence-electron chi connectivity index (χ3n) is 5.40. The molecular weight excluding hydrogens is 434 g/mol.